The number of ether oxygens (including phenoxy) is 4. The maximum absolute atomic E-state index is 11.8. The monoisotopic (exact) mass is 500 g/mol. The molecule has 0 bridgehead atoms. The number of nitrogens with one attached hydrogen (secondary N) is 1. The van der Waals surface area contributed by atoms with E-state index in [0.717, 1.165) is 11.5 Å². The minimum atomic E-state index is -1.72. The van der Waals surface area contributed by atoms with Crippen LogP contribution in [0.2, 0.25) is 0 Å². The quantitative estimate of drug-likeness (QED) is 0.120. The summed E-state index contributed by atoms with van der Waals surface area (Å²) in [4.78, 5) is 11.8. The van der Waals surface area contributed by atoms with Gasteiger partial charge in [0, 0.05) is 19.2 Å². The van der Waals surface area contributed by atoms with Crippen molar-refractivity contribution in [2.75, 3.05) is 37.9 Å². The van der Waals surface area contributed by atoms with Gasteiger partial charge in [-0.1, -0.05) is 0 Å². The lowest BCUT2D eigenvalue weighted by Gasteiger charge is -2.47. The molecule has 2 aliphatic heterocycles. The van der Waals surface area contributed by atoms with E-state index in [1.807, 2.05) is 0 Å². The molecule has 10 atom stereocenters. The molecule has 194 valence electrons. The van der Waals surface area contributed by atoms with Crippen LogP contribution in [0.15, 0.2) is 0 Å². The van der Waals surface area contributed by atoms with E-state index in [-0.39, 0.29) is 6.61 Å². The highest BCUT2D eigenvalue weighted by atomic mass is 32.2. The lowest BCUT2D eigenvalue weighted by atomic mass is 9.95. The first-order valence-corrected chi connectivity index (χ1v) is 12.0. The lowest BCUT2D eigenvalue weighted by Crippen LogP contribution is -2.68. The molecular weight excluding hydrogens is 464 g/mol. The molecule has 0 aromatic rings. The molecule has 0 aromatic carbocycles. The highest BCUT2D eigenvalue weighted by Gasteiger charge is 2.51. The summed E-state index contributed by atoms with van der Waals surface area (Å²) in [5.41, 5.74) is 5.46. The van der Waals surface area contributed by atoms with Crippen molar-refractivity contribution < 1.29 is 54.4 Å². The largest absolute Gasteiger partial charge is 0.394 e. The smallest absolute Gasteiger partial charge is 0.217 e. The standard InChI is InChI=1S/C19H36N2O11S/c1-9(24)21-12-17(32-19-16(28)15(27)13(25)10(7-22)31-19)14(26)11(8-23)30-18(12)29-4-2-5-33-6-3-20/h10-19,22-23,25-28H,2-8,20H2,1H3,(H,21,24)/t10-,11-,12-,13+,14+,15+,16-,17-,18+,19+/m1/s1. The van der Waals surface area contributed by atoms with Crippen LogP contribution in [0, 0.1) is 0 Å². The Hall–Kier alpha value is -0.620. The number of carbonyl (C=O) groups is 1. The van der Waals surface area contributed by atoms with E-state index in [1.165, 1.54) is 6.92 Å². The van der Waals surface area contributed by atoms with Gasteiger partial charge >= 0.3 is 0 Å². The first kappa shape index (κ1) is 28.6. The van der Waals surface area contributed by atoms with Gasteiger partial charge in [-0.15, -0.1) is 0 Å². The van der Waals surface area contributed by atoms with Crippen molar-refractivity contribution in [1.82, 2.24) is 5.32 Å². The van der Waals surface area contributed by atoms with Gasteiger partial charge in [-0.3, -0.25) is 4.79 Å². The number of carbonyl (C=O) groups excluding carboxylic acids is 1. The fraction of sp³-hybridized carbons (Fsp3) is 0.947. The molecule has 2 fully saturated rings. The van der Waals surface area contributed by atoms with Crippen LogP contribution in [0.1, 0.15) is 13.3 Å². The molecule has 2 rings (SSSR count). The van der Waals surface area contributed by atoms with Gasteiger partial charge in [0.2, 0.25) is 5.91 Å². The first-order valence-electron chi connectivity index (χ1n) is 10.8. The summed E-state index contributed by atoms with van der Waals surface area (Å²) in [6.45, 7) is 0.808. The van der Waals surface area contributed by atoms with Crippen molar-refractivity contribution in [3.63, 3.8) is 0 Å². The van der Waals surface area contributed by atoms with Crippen molar-refractivity contribution in [3.05, 3.63) is 0 Å². The molecule has 1 amide bonds. The summed E-state index contributed by atoms with van der Waals surface area (Å²) in [6, 6.07) is -1.07. The van der Waals surface area contributed by atoms with Crippen molar-refractivity contribution in [1.29, 1.82) is 0 Å². The van der Waals surface area contributed by atoms with Crippen LogP contribution >= 0.6 is 11.8 Å². The van der Waals surface area contributed by atoms with Crippen LogP contribution in [-0.2, 0) is 23.7 Å². The maximum Gasteiger partial charge on any atom is 0.217 e. The van der Waals surface area contributed by atoms with Crippen LogP contribution < -0.4 is 11.1 Å². The van der Waals surface area contributed by atoms with E-state index in [0.29, 0.717) is 13.0 Å². The number of hydrogen-bond donors (Lipinski definition) is 8. The third-order valence-corrected chi connectivity index (χ3v) is 6.44. The van der Waals surface area contributed by atoms with Crippen LogP contribution in [0.3, 0.4) is 0 Å². The minimum absolute atomic E-state index is 0.249. The fourth-order valence-corrected chi connectivity index (χ4v) is 4.33. The zero-order valence-corrected chi connectivity index (χ0v) is 19.2. The Kier molecular flexibility index (Phi) is 12.2. The molecule has 0 spiro atoms. The molecule has 13 nitrogen and oxygen atoms in total. The molecular formula is C19H36N2O11S. The summed E-state index contributed by atoms with van der Waals surface area (Å²) in [5, 5.41) is 62.7. The van der Waals surface area contributed by atoms with E-state index < -0.39 is 80.5 Å². The minimum Gasteiger partial charge on any atom is -0.394 e. The van der Waals surface area contributed by atoms with Crippen LogP contribution in [0.25, 0.3) is 0 Å². The molecule has 0 aliphatic carbocycles. The maximum atomic E-state index is 11.8. The Morgan fingerprint density at radius 2 is 1.61 bits per heavy atom. The summed E-state index contributed by atoms with van der Waals surface area (Å²) < 4.78 is 22.5. The second-order valence-electron chi connectivity index (χ2n) is 7.87. The van der Waals surface area contributed by atoms with Gasteiger partial charge in [0.15, 0.2) is 12.6 Å². The molecule has 9 N–H and O–H groups in total. The molecule has 0 radical (unpaired) electrons. The Morgan fingerprint density at radius 1 is 0.970 bits per heavy atom. The van der Waals surface area contributed by atoms with Crippen molar-refractivity contribution in [3.8, 4) is 0 Å². The highest BCUT2D eigenvalue weighted by molar-refractivity contribution is 7.99. The third kappa shape index (κ3) is 7.68. The molecule has 2 heterocycles. The van der Waals surface area contributed by atoms with E-state index in [4.69, 9.17) is 24.7 Å². The zero-order chi connectivity index (χ0) is 24.5. The molecule has 0 saturated carbocycles. The SMILES string of the molecule is CC(=O)N[C@H]1[C@@H](OCCCSCCN)O[C@H](CO)[C@H](O)[C@@H]1O[C@@H]1O[C@H](CO)[C@H](O)[C@H](O)[C@H]1O. The lowest BCUT2D eigenvalue weighted by molar-refractivity contribution is -0.344. The highest BCUT2D eigenvalue weighted by Crippen LogP contribution is 2.29. The van der Waals surface area contributed by atoms with Gasteiger partial charge in [0.25, 0.3) is 0 Å². The van der Waals surface area contributed by atoms with Crippen LogP contribution in [0.5, 0.6) is 0 Å². The number of thioether (sulfide) groups is 1. The summed E-state index contributed by atoms with van der Waals surface area (Å²) >= 11 is 1.65. The van der Waals surface area contributed by atoms with Gasteiger partial charge < -0.3 is 60.6 Å². The Balaban J connectivity index is 2.16. The molecule has 33 heavy (non-hydrogen) atoms. The van der Waals surface area contributed by atoms with Crippen molar-refractivity contribution in [2.45, 2.75) is 74.7 Å². The topological polar surface area (TPSA) is 213 Å². The Morgan fingerprint density at radius 3 is 2.21 bits per heavy atom. The number of aliphatic hydroxyl groups excluding tert-OH is 6. The van der Waals surface area contributed by atoms with E-state index in [9.17, 15) is 35.4 Å². The predicted octanol–water partition coefficient (Wildman–Crippen LogP) is -4.15. The van der Waals surface area contributed by atoms with E-state index in [1.54, 1.807) is 11.8 Å². The number of nitrogens with two attached hydrogens (primary N) is 1. The summed E-state index contributed by atoms with van der Waals surface area (Å²) in [7, 11) is 0. The average Bonchev–Trinajstić information content (AvgIpc) is 2.79. The van der Waals surface area contributed by atoms with E-state index in [2.05, 4.69) is 5.32 Å². The fourth-order valence-electron chi connectivity index (χ4n) is 3.64. The second-order valence-corrected chi connectivity index (χ2v) is 9.09. The Bertz CT molecular complexity index is 590. The van der Waals surface area contributed by atoms with Crippen molar-refractivity contribution >= 4 is 17.7 Å². The molecule has 0 aromatic heterocycles. The van der Waals surface area contributed by atoms with E-state index >= 15 is 0 Å². The first-order chi connectivity index (χ1) is 15.7. The van der Waals surface area contributed by atoms with Crippen LogP contribution in [0.4, 0.5) is 0 Å². The molecule has 2 saturated heterocycles. The number of rotatable bonds is 12. The van der Waals surface area contributed by atoms with Gasteiger partial charge in [0.1, 0.15) is 48.8 Å². The number of amides is 1. The van der Waals surface area contributed by atoms with Gasteiger partial charge in [-0.2, -0.15) is 11.8 Å². The average molecular weight is 501 g/mol. The zero-order valence-electron chi connectivity index (χ0n) is 18.4. The van der Waals surface area contributed by atoms with Crippen molar-refractivity contribution in [2.24, 2.45) is 5.73 Å². The second kappa shape index (κ2) is 14.1. The normalized spacial score (nSPS) is 39.4. The number of aliphatic hydroxyl groups is 6. The predicted molar refractivity (Wildman–Crippen MR) is 115 cm³/mol. The molecule has 2 aliphatic rings. The summed E-state index contributed by atoms with van der Waals surface area (Å²) in [6.07, 6.45) is -12.1. The number of hydrogen-bond acceptors (Lipinski definition) is 13. The van der Waals surface area contributed by atoms with Gasteiger partial charge in [-0.05, 0) is 12.2 Å². The van der Waals surface area contributed by atoms with Crippen LogP contribution in [-0.4, -0.2) is 136 Å². The van der Waals surface area contributed by atoms with Gasteiger partial charge in [0.05, 0.1) is 19.8 Å². The molecule has 0 unspecified atom stereocenters. The Labute approximate surface area is 196 Å². The van der Waals surface area contributed by atoms with Gasteiger partial charge in [-0.25, -0.2) is 0 Å². The third-order valence-electron chi connectivity index (χ3n) is 5.34. The summed E-state index contributed by atoms with van der Waals surface area (Å²) in [5.74, 6) is 1.11. The molecule has 14 heteroatoms.